The largest absolute Gasteiger partial charge is 0.494 e. The maximum absolute atomic E-state index is 14.0. The second-order valence-corrected chi connectivity index (χ2v) is 8.19. The van der Waals surface area contributed by atoms with Gasteiger partial charge in [-0.2, -0.15) is 17.4 Å². The van der Waals surface area contributed by atoms with Crippen molar-refractivity contribution in [3.63, 3.8) is 0 Å². The minimum Gasteiger partial charge on any atom is -0.494 e. The van der Waals surface area contributed by atoms with Crippen molar-refractivity contribution in [2.75, 3.05) is 20.2 Å². The van der Waals surface area contributed by atoms with E-state index in [4.69, 9.17) is 4.74 Å². The molecule has 0 unspecified atom stereocenters. The lowest BCUT2D eigenvalue weighted by Crippen LogP contribution is -2.46. The van der Waals surface area contributed by atoms with Crippen molar-refractivity contribution in [2.24, 2.45) is 5.92 Å². The predicted molar refractivity (Wildman–Crippen MR) is 87.3 cm³/mol. The molecular formula is C16H23FN2O4S. The fourth-order valence-electron chi connectivity index (χ4n) is 3.38. The first-order chi connectivity index (χ1) is 11.4. The topological polar surface area (TPSA) is 78.9 Å². The van der Waals surface area contributed by atoms with E-state index < -0.39 is 28.2 Å². The smallest absolute Gasteiger partial charge is 0.280 e. The van der Waals surface area contributed by atoms with Crippen LogP contribution in [0.4, 0.5) is 4.39 Å². The van der Waals surface area contributed by atoms with E-state index in [2.05, 4.69) is 4.72 Å². The van der Waals surface area contributed by atoms with Crippen LogP contribution >= 0.6 is 0 Å². The molecule has 0 bridgehead atoms. The Labute approximate surface area is 141 Å². The lowest BCUT2D eigenvalue weighted by Gasteiger charge is -2.38. The van der Waals surface area contributed by atoms with Gasteiger partial charge < -0.3 is 9.84 Å². The second-order valence-electron chi connectivity index (χ2n) is 6.49. The lowest BCUT2D eigenvalue weighted by molar-refractivity contribution is 0.0277. The summed E-state index contributed by atoms with van der Waals surface area (Å²) in [5.41, 5.74) is 0.549. The molecule has 6 nitrogen and oxygen atoms in total. The van der Waals surface area contributed by atoms with E-state index in [0.717, 1.165) is 12.8 Å². The molecule has 1 aliphatic heterocycles. The van der Waals surface area contributed by atoms with Gasteiger partial charge in [0.15, 0.2) is 11.6 Å². The van der Waals surface area contributed by atoms with Gasteiger partial charge in [-0.3, -0.25) is 0 Å². The molecule has 2 fully saturated rings. The van der Waals surface area contributed by atoms with E-state index in [-0.39, 0.29) is 11.7 Å². The van der Waals surface area contributed by atoms with Crippen LogP contribution < -0.4 is 9.46 Å². The first-order valence-corrected chi connectivity index (χ1v) is 9.63. The molecule has 1 aliphatic carbocycles. The summed E-state index contributed by atoms with van der Waals surface area (Å²) in [4.78, 5) is 0. The van der Waals surface area contributed by atoms with Gasteiger partial charge in [-0.15, -0.1) is 0 Å². The van der Waals surface area contributed by atoms with Crippen molar-refractivity contribution in [3.8, 4) is 5.75 Å². The molecule has 1 saturated heterocycles. The molecule has 0 spiro atoms. The Bertz CT molecular complexity index is 685. The van der Waals surface area contributed by atoms with Crippen molar-refractivity contribution >= 4 is 10.2 Å². The quantitative estimate of drug-likeness (QED) is 0.809. The summed E-state index contributed by atoms with van der Waals surface area (Å²) in [6, 6.07) is 3.92. The minimum atomic E-state index is -3.63. The predicted octanol–water partition coefficient (Wildman–Crippen LogP) is 1.58. The minimum absolute atomic E-state index is 0.0508. The molecule has 1 heterocycles. The van der Waals surface area contributed by atoms with Gasteiger partial charge in [-0.1, -0.05) is 6.07 Å². The molecule has 1 aromatic carbocycles. The average molecular weight is 358 g/mol. The number of benzene rings is 1. The zero-order valence-corrected chi connectivity index (χ0v) is 14.4. The van der Waals surface area contributed by atoms with Gasteiger partial charge in [0.2, 0.25) is 0 Å². The fourth-order valence-corrected chi connectivity index (χ4v) is 4.92. The van der Waals surface area contributed by atoms with Crippen molar-refractivity contribution in [1.29, 1.82) is 0 Å². The zero-order chi connectivity index (χ0) is 17.3. The first-order valence-electron chi connectivity index (χ1n) is 8.19. The van der Waals surface area contributed by atoms with E-state index in [1.807, 2.05) is 0 Å². The number of nitrogens with zero attached hydrogens (tertiary/aromatic N) is 1. The maximum atomic E-state index is 14.0. The summed E-state index contributed by atoms with van der Waals surface area (Å²) < 4.78 is 48.3. The molecule has 2 N–H and O–H groups in total. The normalized spacial score (nSPS) is 26.1. The third-order valence-corrected chi connectivity index (χ3v) is 6.43. The standard InChI is InChI=1S/C16H23FN2O4S/c1-23-15-5-4-11(10-14(15)17)16(12-8-13(20)9-12)18-24(21,22)19-6-2-3-7-19/h4-5,10,12-13,16,18,20H,2-3,6-9H2,1H3/t12?,13?,16-/m0/s1. The van der Waals surface area contributed by atoms with E-state index in [1.165, 1.54) is 23.5 Å². The SMILES string of the molecule is COc1ccc([C@H](NS(=O)(=O)N2CCCC2)C2CC(O)C2)cc1F. The Balaban J connectivity index is 1.85. The fraction of sp³-hybridized carbons (Fsp3) is 0.625. The zero-order valence-electron chi connectivity index (χ0n) is 13.6. The Kier molecular flexibility index (Phi) is 5.10. The van der Waals surface area contributed by atoms with Crippen LogP contribution in [0.5, 0.6) is 5.75 Å². The number of hydrogen-bond donors (Lipinski definition) is 2. The van der Waals surface area contributed by atoms with Gasteiger partial charge >= 0.3 is 0 Å². The molecule has 1 atom stereocenters. The molecule has 134 valence electrons. The summed E-state index contributed by atoms with van der Waals surface area (Å²) in [6.45, 7) is 1.01. The van der Waals surface area contributed by atoms with Crippen LogP contribution in [0.15, 0.2) is 18.2 Å². The van der Waals surface area contributed by atoms with Crippen LogP contribution in [0, 0.1) is 11.7 Å². The van der Waals surface area contributed by atoms with E-state index >= 15 is 0 Å². The van der Waals surface area contributed by atoms with Crippen LogP contribution in [0.3, 0.4) is 0 Å². The average Bonchev–Trinajstić information content (AvgIpc) is 3.05. The molecule has 0 radical (unpaired) electrons. The van der Waals surface area contributed by atoms with Gasteiger partial charge in [0, 0.05) is 13.1 Å². The van der Waals surface area contributed by atoms with Crippen LogP contribution in [0.25, 0.3) is 0 Å². The van der Waals surface area contributed by atoms with Gasteiger partial charge in [0.25, 0.3) is 10.2 Å². The second kappa shape index (κ2) is 6.95. The van der Waals surface area contributed by atoms with Crippen LogP contribution in [0.1, 0.15) is 37.3 Å². The Morgan fingerprint density at radius 3 is 2.54 bits per heavy atom. The number of rotatable bonds is 6. The van der Waals surface area contributed by atoms with Gasteiger partial charge in [-0.05, 0) is 49.3 Å². The number of nitrogens with one attached hydrogen (secondary N) is 1. The highest BCUT2D eigenvalue weighted by Crippen LogP contribution is 2.39. The summed E-state index contributed by atoms with van der Waals surface area (Å²) in [5, 5.41) is 9.58. The number of ether oxygens (including phenoxy) is 1. The highest BCUT2D eigenvalue weighted by molar-refractivity contribution is 7.87. The van der Waals surface area contributed by atoms with Crippen LogP contribution in [-0.2, 0) is 10.2 Å². The molecule has 8 heteroatoms. The number of methoxy groups -OCH3 is 1. The van der Waals surface area contributed by atoms with Crippen LogP contribution in [0.2, 0.25) is 0 Å². The summed E-state index contributed by atoms with van der Waals surface area (Å²) >= 11 is 0. The Morgan fingerprint density at radius 2 is 2.00 bits per heavy atom. The number of hydrogen-bond acceptors (Lipinski definition) is 4. The Hall–Kier alpha value is -1.22. The van der Waals surface area contributed by atoms with Crippen molar-refractivity contribution in [3.05, 3.63) is 29.6 Å². The van der Waals surface area contributed by atoms with E-state index in [1.54, 1.807) is 6.07 Å². The number of aliphatic hydroxyl groups is 1. The van der Waals surface area contributed by atoms with E-state index in [0.29, 0.717) is 31.5 Å². The van der Waals surface area contributed by atoms with Crippen molar-refractivity contribution < 1.29 is 22.7 Å². The van der Waals surface area contributed by atoms with Crippen LogP contribution in [-0.4, -0.2) is 44.1 Å². The summed E-state index contributed by atoms with van der Waals surface area (Å²) in [6.07, 6.45) is 2.29. The van der Waals surface area contributed by atoms with Gasteiger partial charge in [0.1, 0.15) is 0 Å². The molecule has 1 aromatic rings. The molecule has 0 aromatic heterocycles. The third kappa shape index (κ3) is 3.56. The third-order valence-electron chi connectivity index (χ3n) is 4.84. The van der Waals surface area contributed by atoms with Crippen molar-refractivity contribution in [1.82, 2.24) is 9.03 Å². The number of halogens is 1. The maximum Gasteiger partial charge on any atom is 0.280 e. The first kappa shape index (κ1) is 17.6. The van der Waals surface area contributed by atoms with Gasteiger partial charge in [0.05, 0.1) is 19.3 Å². The Morgan fingerprint density at radius 1 is 1.33 bits per heavy atom. The summed E-state index contributed by atoms with van der Waals surface area (Å²) in [7, 11) is -2.24. The van der Waals surface area contributed by atoms with Crippen molar-refractivity contribution in [2.45, 2.75) is 37.8 Å². The monoisotopic (exact) mass is 358 g/mol. The lowest BCUT2D eigenvalue weighted by atomic mass is 9.75. The summed E-state index contributed by atoms with van der Waals surface area (Å²) in [5.74, 6) is -0.459. The van der Waals surface area contributed by atoms with Gasteiger partial charge in [-0.25, -0.2) is 4.39 Å². The molecule has 24 heavy (non-hydrogen) atoms. The molecular weight excluding hydrogens is 335 g/mol. The van der Waals surface area contributed by atoms with E-state index in [9.17, 15) is 17.9 Å². The highest BCUT2D eigenvalue weighted by Gasteiger charge is 2.38. The number of aliphatic hydroxyl groups excluding tert-OH is 1. The highest BCUT2D eigenvalue weighted by atomic mass is 32.2. The molecule has 1 saturated carbocycles. The molecule has 0 amide bonds. The molecule has 2 aliphatic rings. The molecule has 3 rings (SSSR count).